The highest BCUT2D eigenvalue weighted by atomic mass is 16.6. The molecule has 0 radical (unpaired) electrons. The normalized spacial score (nSPS) is 25.5. The summed E-state index contributed by atoms with van der Waals surface area (Å²) >= 11 is 0. The maximum atomic E-state index is 11.7. The lowest BCUT2D eigenvalue weighted by molar-refractivity contribution is -0.660. The van der Waals surface area contributed by atoms with E-state index in [2.05, 4.69) is 0 Å². The van der Waals surface area contributed by atoms with Gasteiger partial charge in [0.1, 0.15) is 5.92 Å². The predicted octanol–water partition coefficient (Wildman–Crippen LogP) is 1.68. The van der Waals surface area contributed by atoms with E-state index in [4.69, 9.17) is 15.2 Å². The summed E-state index contributed by atoms with van der Waals surface area (Å²) in [5.74, 6) is -1.45. The van der Waals surface area contributed by atoms with Gasteiger partial charge < -0.3 is 15.2 Å². The Hall–Kier alpha value is -1.53. The molecule has 1 aliphatic rings. The number of hydrogen-bond donors (Lipinski definition) is 1. The van der Waals surface area contributed by atoms with Gasteiger partial charge in [-0.25, -0.2) is 0 Å². The lowest BCUT2D eigenvalue weighted by Gasteiger charge is -2.14. The third-order valence-corrected chi connectivity index (χ3v) is 2.93. The van der Waals surface area contributed by atoms with Gasteiger partial charge in [0.05, 0.1) is 0 Å². The van der Waals surface area contributed by atoms with Crippen molar-refractivity contribution in [1.29, 1.82) is 0 Å². The Labute approximate surface area is 93.0 Å². The minimum Gasteiger partial charge on any atom is -0.481 e. The molecule has 1 unspecified atom stereocenters. The second-order valence-electron chi connectivity index (χ2n) is 4.93. The van der Waals surface area contributed by atoms with Crippen LogP contribution in [0, 0.1) is 20.9 Å². The fraction of sp³-hybridized carbons (Fsp3) is 0.889. The largest absolute Gasteiger partial charge is 0.481 e. The molecule has 0 aliphatic carbocycles. The van der Waals surface area contributed by atoms with Crippen LogP contribution in [0.1, 0.15) is 34.1 Å². The molecule has 0 saturated carbocycles. The molecule has 1 N–H and O–H groups in total. The number of aliphatic carboxylic acids is 1. The van der Waals surface area contributed by atoms with Gasteiger partial charge in [-0.3, -0.25) is 4.79 Å². The highest BCUT2D eigenvalue weighted by Gasteiger charge is 2.63. The molecule has 1 saturated heterocycles. The molecule has 1 aliphatic heterocycles. The van der Waals surface area contributed by atoms with Gasteiger partial charge in [0.2, 0.25) is 11.1 Å². The third kappa shape index (κ3) is 2.53. The summed E-state index contributed by atoms with van der Waals surface area (Å²) in [5.41, 5.74) is -1.36. The summed E-state index contributed by atoms with van der Waals surface area (Å²) in [6, 6.07) is 0. The highest BCUT2D eigenvalue weighted by Crippen LogP contribution is 2.41. The van der Waals surface area contributed by atoms with Gasteiger partial charge in [0, 0.05) is 43.8 Å². The Morgan fingerprint density at radius 3 is 1.94 bits per heavy atom. The van der Waals surface area contributed by atoms with Crippen molar-refractivity contribution < 1.29 is 14.7 Å². The van der Waals surface area contributed by atoms with E-state index < -0.39 is 23.0 Å². The van der Waals surface area contributed by atoms with Crippen LogP contribution in [0.15, 0.2) is 5.34 Å². The molecule has 0 aromatic carbocycles. The quantitative estimate of drug-likeness (QED) is 0.420. The van der Waals surface area contributed by atoms with Crippen LogP contribution in [0.25, 0.3) is 0 Å². The molecule has 1 rings (SSSR count). The van der Waals surface area contributed by atoms with Gasteiger partial charge in [-0.15, -0.1) is 5.34 Å². The fourth-order valence-electron chi connectivity index (χ4n) is 2.14. The van der Waals surface area contributed by atoms with Crippen molar-refractivity contribution in [2.24, 2.45) is 11.3 Å². The summed E-state index contributed by atoms with van der Waals surface area (Å²) in [6.07, 6.45) is 0.416. The SMILES string of the molecule is CC1(C)CC(C(=O)O)C(C)(C)[N+]1=O.O=N[O-]. The number of carboxylic acid groups (broad SMARTS) is 1. The molecular formula is C9H16N2O5. The zero-order valence-corrected chi connectivity index (χ0v) is 9.76. The second-order valence-corrected chi connectivity index (χ2v) is 4.93. The van der Waals surface area contributed by atoms with Crippen LogP contribution in [0.2, 0.25) is 0 Å². The number of hydrogen-bond acceptors (Lipinski definition) is 5. The lowest BCUT2D eigenvalue weighted by atomic mass is 9.87. The first-order valence-corrected chi connectivity index (χ1v) is 4.76. The molecule has 0 amide bonds. The molecule has 1 fully saturated rings. The summed E-state index contributed by atoms with van der Waals surface area (Å²) in [5, 5.41) is 17.9. The number of carbonyl (C=O) groups is 1. The summed E-state index contributed by atoms with van der Waals surface area (Å²) in [4.78, 5) is 30.6. The third-order valence-electron chi connectivity index (χ3n) is 2.93. The van der Waals surface area contributed by atoms with Gasteiger partial charge in [0.25, 0.3) is 0 Å². The Morgan fingerprint density at radius 2 is 1.81 bits per heavy atom. The van der Waals surface area contributed by atoms with Crippen molar-refractivity contribution in [2.75, 3.05) is 0 Å². The maximum Gasteiger partial charge on any atom is 0.314 e. The molecule has 1 heterocycles. The van der Waals surface area contributed by atoms with E-state index in [1.54, 1.807) is 27.7 Å². The van der Waals surface area contributed by atoms with E-state index in [1.165, 1.54) is 0 Å². The number of carboxylic acids is 1. The number of nitroso groups, excluding NO2 is 1. The zero-order valence-electron chi connectivity index (χ0n) is 9.76. The molecule has 1 atom stereocenters. The Balaban J connectivity index is 0.000000673. The van der Waals surface area contributed by atoms with Crippen molar-refractivity contribution in [1.82, 2.24) is 0 Å². The zero-order chi connectivity index (χ0) is 13.1. The van der Waals surface area contributed by atoms with Crippen LogP contribution in [-0.4, -0.2) is 26.9 Å². The second kappa shape index (κ2) is 4.54. The number of nitrogens with zero attached hydrogens (tertiary/aromatic N) is 2. The average molecular weight is 232 g/mol. The molecule has 0 aromatic rings. The average Bonchev–Trinajstić information content (AvgIpc) is 2.28. The lowest BCUT2D eigenvalue weighted by Crippen LogP contribution is -2.42. The first kappa shape index (κ1) is 14.5. The van der Waals surface area contributed by atoms with Crippen LogP contribution in [0.3, 0.4) is 0 Å². The van der Waals surface area contributed by atoms with Crippen molar-refractivity contribution in [2.45, 2.75) is 45.2 Å². The maximum absolute atomic E-state index is 11.7. The number of rotatable bonds is 1. The highest BCUT2D eigenvalue weighted by molar-refractivity contribution is 5.71. The van der Waals surface area contributed by atoms with E-state index in [1.807, 2.05) is 0 Å². The summed E-state index contributed by atoms with van der Waals surface area (Å²) in [6.45, 7) is 6.94. The Morgan fingerprint density at radius 1 is 1.44 bits per heavy atom. The van der Waals surface area contributed by atoms with Crippen molar-refractivity contribution in [3.05, 3.63) is 15.0 Å². The van der Waals surface area contributed by atoms with E-state index >= 15 is 0 Å². The molecule has 0 bridgehead atoms. The molecule has 7 heteroatoms. The topological polar surface area (TPSA) is 110 Å². The van der Waals surface area contributed by atoms with Crippen molar-refractivity contribution in [3.8, 4) is 0 Å². The van der Waals surface area contributed by atoms with Gasteiger partial charge >= 0.3 is 5.97 Å². The van der Waals surface area contributed by atoms with E-state index in [-0.39, 0.29) is 0 Å². The first-order valence-electron chi connectivity index (χ1n) is 4.76. The fourth-order valence-corrected chi connectivity index (χ4v) is 2.14. The minimum atomic E-state index is -0.878. The molecule has 92 valence electrons. The molecule has 0 aromatic heterocycles. The van der Waals surface area contributed by atoms with Gasteiger partial charge in [-0.05, 0) is 0 Å². The Kier molecular flexibility index (Phi) is 4.11. The van der Waals surface area contributed by atoms with Gasteiger partial charge in [0.15, 0.2) is 0 Å². The smallest absolute Gasteiger partial charge is 0.314 e. The molecule has 0 spiro atoms. The molecule has 16 heavy (non-hydrogen) atoms. The standard InChI is InChI=1S/C9H15NO3.HNO2/c1-8(2)5-6(7(11)12)9(3,4)10(8)13;2-1-3/h6H,5H2,1-4H3;(H,2,3). The van der Waals surface area contributed by atoms with Crippen LogP contribution >= 0.6 is 0 Å². The molecular weight excluding hydrogens is 216 g/mol. The van der Waals surface area contributed by atoms with Crippen molar-refractivity contribution >= 4 is 5.97 Å². The van der Waals surface area contributed by atoms with E-state index in [9.17, 15) is 9.70 Å². The van der Waals surface area contributed by atoms with Gasteiger partial charge in [-0.2, -0.15) is 0 Å². The first-order chi connectivity index (χ1) is 7.11. The Bertz CT molecular complexity index is 311. The minimum absolute atomic E-state index is 0.416. The van der Waals surface area contributed by atoms with Crippen LogP contribution in [-0.2, 0) is 4.79 Å². The monoisotopic (exact) mass is 232 g/mol. The van der Waals surface area contributed by atoms with E-state index in [0.29, 0.717) is 6.42 Å². The van der Waals surface area contributed by atoms with Crippen LogP contribution < -0.4 is 0 Å². The van der Waals surface area contributed by atoms with Crippen LogP contribution in [0.5, 0.6) is 0 Å². The summed E-state index contributed by atoms with van der Waals surface area (Å²) in [7, 11) is 0. The van der Waals surface area contributed by atoms with Crippen molar-refractivity contribution in [3.63, 3.8) is 0 Å². The predicted molar refractivity (Wildman–Crippen MR) is 56.7 cm³/mol. The van der Waals surface area contributed by atoms with E-state index in [0.717, 1.165) is 10.1 Å². The summed E-state index contributed by atoms with van der Waals surface area (Å²) < 4.78 is 0.915. The van der Waals surface area contributed by atoms with Gasteiger partial charge in [-0.1, -0.05) is 0 Å². The molecule has 7 nitrogen and oxygen atoms in total. The van der Waals surface area contributed by atoms with Crippen LogP contribution in [0.4, 0.5) is 0 Å².